The van der Waals surface area contributed by atoms with Crippen molar-refractivity contribution in [2.24, 2.45) is 20.4 Å². The first-order valence-corrected chi connectivity index (χ1v) is 6.91. The van der Waals surface area contributed by atoms with Crippen molar-refractivity contribution in [2.75, 3.05) is 6.54 Å². The summed E-state index contributed by atoms with van der Waals surface area (Å²) in [5, 5.41) is 19.5. The van der Waals surface area contributed by atoms with Gasteiger partial charge in [0.2, 0.25) is 0 Å². The molecule has 7 heteroatoms. The van der Waals surface area contributed by atoms with Crippen molar-refractivity contribution in [3.05, 3.63) is 59.9 Å². The fourth-order valence-electron chi connectivity index (χ4n) is 2.02. The third kappa shape index (κ3) is 3.76. The maximum atomic E-state index is 12.9. The highest BCUT2D eigenvalue weighted by Gasteiger charge is 2.13. The lowest BCUT2D eigenvalue weighted by Crippen LogP contribution is -2.17. The van der Waals surface area contributed by atoms with Gasteiger partial charge in [0, 0.05) is 5.56 Å². The molecule has 2 aromatic carbocycles. The maximum Gasteiger partial charge on any atom is 0.177 e. The molecule has 0 bridgehead atoms. The Kier molecular flexibility index (Phi) is 4.37. The molecule has 0 amide bonds. The van der Waals surface area contributed by atoms with E-state index in [1.165, 1.54) is 18.3 Å². The van der Waals surface area contributed by atoms with Crippen LogP contribution in [-0.4, -0.2) is 29.8 Å². The summed E-state index contributed by atoms with van der Waals surface area (Å²) in [5.74, 6) is 1.32. The largest absolute Gasteiger partial charge is 0.457 e. The van der Waals surface area contributed by atoms with E-state index >= 15 is 0 Å². The molecule has 1 N–H and O–H groups in total. The Morgan fingerprint density at radius 1 is 1.09 bits per heavy atom. The summed E-state index contributed by atoms with van der Waals surface area (Å²) in [5.41, 5.74) is 0.774. The van der Waals surface area contributed by atoms with Crippen molar-refractivity contribution in [3.8, 4) is 11.5 Å². The third-order valence-electron chi connectivity index (χ3n) is 3.12. The van der Waals surface area contributed by atoms with Crippen molar-refractivity contribution in [1.29, 1.82) is 0 Å². The average Bonchev–Trinajstić information content (AvgIpc) is 2.58. The second-order valence-electron chi connectivity index (χ2n) is 4.79. The fraction of sp³-hybridized carbons (Fsp3) is 0.125. The Morgan fingerprint density at radius 2 is 1.74 bits per heavy atom. The molecule has 0 spiro atoms. The molecule has 1 unspecified atom stereocenters. The average molecular weight is 312 g/mol. The van der Waals surface area contributed by atoms with Gasteiger partial charge in [0.25, 0.3) is 0 Å². The van der Waals surface area contributed by atoms with Crippen molar-refractivity contribution >= 4 is 12.1 Å². The van der Waals surface area contributed by atoms with E-state index in [-0.39, 0.29) is 11.9 Å². The summed E-state index contributed by atoms with van der Waals surface area (Å²) in [6, 6.07) is 12.6. The SMILES string of the molecule is O/N=C/C1CN=NC(c2ccc(Oc3ccc(F)cc3)cc2)=N1. The van der Waals surface area contributed by atoms with Crippen LogP contribution >= 0.6 is 0 Å². The Morgan fingerprint density at radius 3 is 2.39 bits per heavy atom. The summed E-state index contributed by atoms with van der Waals surface area (Å²) in [6.07, 6.45) is 1.31. The molecule has 1 aliphatic rings. The molecule has 1 heterocycles. The van der Waals surface area contributed by atoms with Gasteiger partial charge in [-0.3, -0.25) is 4.99 Å². The summed E-state index contributed by atoms with van der Waals surface area (Å²) in [7, 11) is 0. The zero-order valence-corrected chi connectivity index (χ0v) is 12.0. The Labute approximate surface area is 131 Å². The molecule has 1 aliphatic heterocycles. The minimum absolute atomic E-state index is 0.311. The number of rotatable bonds is 4. The van der Waals surface area contributed by atoms with Crippen LogP contribution in [0.25, 0.3) is 0 Å². The van der Waals surface area contributed by atoms with Gasteiger partial charge in [0.05, 0.1) is 12.8 Å². The predicted molar refractivity (Wildman–Crippen MR) is 83.2 cm³/mol. The second kappa shape index (κ2) is 6.78. The van der Waals surface area contributed by atoms with Crippen LogP contribution in [0.3, 0.4) is 0 Å². The number of benzene rings is 2. The summed E-state index contributed by atoms with van der Waals surface area (Å²) < 4.78 is 18.5. The molecule has 0 aromatic heterocycles. The van der Waals surface area contributed by atoms with Gasteiger partial charge >= 0.3 is 0 Å². The minimum Gasteiger partial charge on any atom is -0.457 e. The molecule has 6 nitrogen and oxygen atoms in total. The minimum atomic E-state index is -0.317. The topological polar surface area (TPSA) is 78.9 Å². The Hall–Kier alpha value is -3.09. The van der Waals surface area contributed by atoms with Crippen LogP contribution in [0.1, 0.15) is 5.56 Å². The highest BCUT2D eigenvalue weighted by molar-refractivity contribution is 6.00. The fourth-order valence-corrected chi connectivity index (χ4v) is 2.02. The van der Waals surface area contributed by atoms with Gasteiger partial charge in [-0.1, -0.05) is 5.16 Å². The predicted octanol–water partition coefficient (Wildman–Crippen LogP) is 3.66. The van der Waals surface area contributed by atoms with Crippen LogP contribution in [0.4, 0.5) is 4.39 Å². The monoisotopic (exact) mass is 312 g/mol. The number of hydrogen-bond donors (Lipinski definition) is 1. The highest BCUT2D eigenvalue weighted by Crippen LogP contribution is 2.22. The molecule has 0 saturated carbocycles. The first-order chi connectivity index (χ1) is 11.2. The molecular weight excluding hydrogens is 299 g/mol. The second-order valence-corrected chi connectivity index (χ2v) is 4.79. The number of amidine groups is 1. The Balaban J connectivity index is 1.74. The smallest absolute Gasteiger partial charge is 0.177 e. The lowest BCUT2D eigenvalue weighted by Gasteiger charge is -2.11. The van der Waals surface area contributed by atoms with Crippen LogP contribution < -0.4 is 4.74 Å². The van der Waals surface area contributed by atoms with E-state index in [0.29, 0.717) is 23.9 Å². The van der Waals surface area contributed by atoms with E-state index < -0.39 is 0 Å². The summed E-state index contributed by atoms with van der Waals surface area (Å²) in [6.45, 7) is 0.360. The zero-order chi connectivity index (χ0) is 16.1. The lowest BCUT2D eigenvalue weighted by atomic mass is 10.2. The Bertz CT molecular complexity index is 755. The van der Waals surface area contributed by atoms with E-state index in [2.05, 4.69) is 20.4 Å². The van der Waals surface area contributed by atoms with E-state index in [1.807, 2.05) is 0 Å². The van der Waals surface area contributed by atoms with E-state index in [0.717, 1.165) is 5.56 Å². The number of nitrogens with zero attached hydrogens (tertiary/aromatic N) is 4. The standard InChI is InChI=1S/C16H13FN4O2/c17-12-3-7-15(8-4-12)23-14-5-1-11(2-6-14)16-20-13(10-19-22)9-18-21-16/h1-8,10,13,22H,9H2/b19-10+. The van der Waals surface area contributed by atoms with Gasteiger partial charge in [-0.25, -0.2) is 4.39 Å². The molecule has 0 saturated heterocycles. The number of hydrogen-bond acceptors (Lipinski definition) is 6. The van der Waals surface area contributed by atoms with Gasteiger partial charge in [-0.2, -0.15) is 5.11 Å². The van der Waals surface area contributed by atoms with Crippen molar-refractivity contribution in [2.45, 2.75) is 6.04 Å². The molecule has 0 radical (unpaired) electrons. The molecule has 2 aromatic rings. The van der Waals surface area contributed by atoms with Gasteiger partial charge in [-0.15, -0.1) is 5.11 Å². The highest BCUT2D eigenvalue weighted by atomic mass is 19.1. The van der Waals surface area contributed by atoms with Crippen LogP contribution in [0.15, 0.2) is 68.9 Å². The van der Waals surface area contributed by atoms with Crippen LogP contribution in [0.5, 0.6) is 11.5 Å². The summed E-state index contributed by atoms with van der Waals surface area (Å²) >= 11 is 0. The number of oxime groups is 1. The molecule has 0 fully saturated rings. The van der Waals surface area contributed by atoms with E-state index in [9.17, 15) is 4.39 Å². The first kappa shape index (κ1) is 14.8. The van der Waals surface area contributed by atoms with Crippen molar-refractivity contribution < 1.29 is 14.3 Å². The molecule has 116 valence electrons. The zero-order valence-electron chi connectivity index (χ0n) is 12.0. The van der Waals surface area contributed by atoms with Gasteiger partial charge < -0.3 is 9.94 Å². The van der Waals surface area contributed by atoms with Gasteiger partial charge in [0.1, 0.15) is 23.4 Å². The van der Waals surface area contributed by atoms with Gasteiger partial charge in [-0.05, 0) is 48.5 Å². The van der Waals surface area contributed by atoms with Crippen LogP contribution in [-0.2, 0) is 0 Å². The van der Waals surface area contributed by atoms with Crippen molar-refractivity contribution in [1.82, 2.24) is 0 Å². The van der Waals surface area contributed by atoms with Gasteiger partial charge in [0.15, 0.2) is 5.84 Å². The van der Waals surface area contributed by atoms with Crippen LogP contribution in [0, 0.1) is 5.82 Å². The molecule has 1 atom stereocenters. The third-order valence-corrected chi connectivity index (χ3v) is 3.12. The van der Waals surface area contributed by atoms with E-state index in [4.69, 9.17) is 9.94 Å². The number of azo groups is 1. The quantitative estimate of drug-likeness (QED) is 0.531. The maximum absolute atomic E-state index is 12.9. The molecular formula is C16H13FN4O2. The number of aliphatic imine (C=N–C) groups is 1. The van der Waals surface area contributed by atoms with Crippen molar-refractivity contribution in [3.63, 3.8) is 0 Å². The van der Waals surface area contributed by atoms with Crippen LogP contribution in [0.2, 0.25) is 0 Å². The summed E-state index contributed by atoms with van der Waals surface area (Å²) in [4.78, 5) is 4.33. The lowest BCUT2D eigenvalue weighted by molar-refractivity contribution is 0.319. The normalized spacial score (nSPS) is 17.3. The number of ether oxygens (including phenoxy) is 1. The molecule has 3 rings (SSSR count). The first-order valence-electron chi connectivity index (χ1n) is 6.91. The van der Waals surface area contributed by atoms with E-state index in [1.54, 1.807) is 36.4 Å². The molecule has 23 heavy (non-hydrogen) atoms. The molecule has 0 aliphatic carbocycles. The number of halogens is 1.